The van der Waals surface area contributed by atoms with Gasteiger partial charge in [-0.1, -0.05) is 48.0 Å². The van der Waals surface area contributed by atoms with E-state index in [9.17, 15) is 9.59 Å². The maximum Gasteiger partial charge on any atom is 0.322 e. The Hall–Kier alpha value is -3.25. The van der Waals surface area contributed by atoms with Crippen molar-refractivity contribution >= 4 is 29.2 Å². The molecule has 4 rings (SSSR count). The lowest BCUT2D eigenvalue weighted by molar-refractivity contribution is -0.133. The number of carbonyl (C=O) groups is 2. The van der Waals surface area contributed by atoms with Gasteiger partial charge in [0, 0.05) is 42.2 Å². The zero-order valence-electron chi connectivity index (χ0n) is 18.1. The highest BCUT2D eigenvalue weighted by Gasteiger charge is 2.35. The third-order valence-corrected chi connectivity index (χ3v) is 5.84. The predicted molar refractivity (Wildman–Crippen MR) is 126 cm³/mol. The molecule has 3 aromatic rings. The fourth-order valence-corrected chi connectivity index (χ4v) is 3.84. The standard InChI is InChI=1S/C25H27ClN4O2/c1-28-14-6-11-23(28)17-29(16-19-7-3-2-4-8-19)24(31)18-30(22-12-13-22)25(32)27-21-10-5-9-20(26)15-21/h2-11,14-15,22H,12-13,16-18H2,1H3,(H,27,32). The summed E-state index contributed by atoms with van der Waals surface area (Å²) < 4.78 is 2.01. The summed E-state index contributed by atoms with van der Waals surface area (Å²) >= 11 is 6.04. The van der Waals surface area contributed by atoms with E-state index in [2.05, 4.69) is 5.32 Å². The van der Waals surface area contributed by atoms with Crippen molar-refractivity contribution in [2.24, 2.45) is 7.05 Å². The maximum atomic E-state index is 13.4. The maximum absolute atomic E-state index is 13.4. The minimum absolute atomic E-state index is 0.0360. The normalized spacial score (nSPS) is 12.9. The molecule has 0 unspecified atom stereocenters. The first-order valence-corrected chi connectivity index (χ1v) is 11.1. The lowest BCUT2D eigenvalue weighted by atomic mass is 10.2. The van der Waals surface area contributed by atoms with Gasteiger partial charge in [-0.2, -0.15) is 0 Å². The largest absolute Gasteiger partial charge is 0.353 e. The molecule has 0 aliphatic heterocycles. The van der Waals surface area contributed by atoms with E-state index in [1.54, 1.807) is 29.2 Å². The average Bonchev–Trinajstić information content (AvgIpc) is 3.54. The van der Waals surface area contributed by atoms with Crippen LogP contribution in [0.2, 0.25) is 5.02 Å². The molecule has 1 N–H and O–H groups in total. The molecule has 1 aromatic heterocycles. The molecule has 0 spiro atoms. The van der Waals surface area contributed by atoms with Crippen LogP contribution in [-0.4, -0.2) is 38.9 Å². The highest BCUT2D eigenvalue weighted by Crippen LogP contribution is 2.28. The van der Waals surface area contributed by atoms with E-state index in [0.717, 1.165) is 24.1 Å². The van der Waals surface area contributed by atoms with Gasteiger partial charge < -0.3 is 19.7 Å². The molecule has 32 heavy (non-hydrogen) atoms. The van der Waals surface area contributed by atoms with E-state index in [4.69, 9.17) is 11.6 Å². The van der Waals surface area contributed by atoms with Crippen LogP contribution in [0.4, 0.5) is 10.5 Å². The first-order chi connectivity index (χ1) is 15.5. The summed E-state index contributed by atoms with van der Waals surface area (Å²) in [7, 11) is 1.97. The highest BCUT2D eigenvalue weighted by atomic mass is 35.5. The molecular weight excluding hydrogens is 424 g/mol. The van der Waals surface area contributed by atoms with Crippen molar-refractivity contribution in [2.45, 2.75) is 32.0 Å². The van der Waals surface area contributed by atoms with Crippen molar-refractivity contribution in [1.82, 2.24) is 14.4 Å². The van der Waals surface area contributed by atoms with Crippen molar-refractivity contribution in [3.05, 3.63) is 89.2 Å². The Morgan fingerprint density at radius 3 is 2.47 bits per heavy atom. The van der Waals surface area contributed by atoms with Gasteiger partial charge in [0.05, 0.1) is 6.54 Å². The van der Waals surface area contributed by atoms with E-state index in [1.165, 1.54) is 0 Å². The SMILES string of the molecule is Cn1cccc1CN(Cc1ccccc1)C(=O)CN(C(=O)Nc1cccc(Cl)c1)C1CC1. The third-order valence-electron chi connectivity index (χ3n) is 5.60. The quantitative estimate of drug-likeness (QED) is 0.530. The Bertz CT molecular complexity index is 1080. The van der Waals surface area contributed by atoms with Crippen LogP contribution in [0.3, 0.4) is 0 Å². The summed E-state index contributed by atoms with van der Waals surface area (Å²) in [5, 5.41) is 3.43. The molecule has 1 saturated carbocycles. The summed E-state index contributed by atoms with van der Waals surface area (Å²) in [5.74, 6) is -0.0804. The number of benzene rings is 2. The Morgan fingerprint density at radius 2 is 1.81 bits per heavy atom. The van der Waals surface area contributed by atoms with Gasteiger partial charge in [-0.05, 0) is 48.7 Å². The van der Waals surface area contributed by atoms with Crippen LogP contribution in [0.1, 0.15) is 24.1 Å². The molecule has 1 fully saturated rings. The third kappa shape index (κ3) is 5.71. The molecule has 1 aliphatic carbocycles. The number of carbonyl (C=O) groups excluding carboxylic acids is 2. The van der Waals surface area contributed by atoms with E-state index < -0.39 is 0 Å². The molecule has 0 radical (unpaired) electrons. The van der Waals surface area contributed by atoms with E-state index in [-0.39, 0.29) is 24.5 Å². The first kappa shape index (κ1) is 22.0. The fraction of sp³-hybridized carbons (Fsp3) is 0.280. The highest BCUT2D eigenvalue weighted by molar-refractivity contribution is 6.30. The van der Waals surface area contributed by atoms with Gasteiger partial charge in [0.1, 0.15) is 6.54 Å². The smallest absolute Gasteiger partial charge is 0.322 e. The Balaban J connectivity index is 1.49. The second-order valence-electron chi connectivity index (χ2n) is 8.15. The number of nitrogens with one attached hydrogen (secondary N) is 1. The summed E-state index contributed by atoms with van der Waals surface area (Å²) in [6.07, 6.45) is 3.79. The van der Waals surface area contributed by atoms with Gasteiger partial charge in [-0.25, -0.2) is 4.79 Å². The molecule has 1 aliphatic rings. The number of hydrogen-bond donors (Lipinski definition) is 1. The average molecular weight is 451 g/mol. The molecule has 0 atom stereocenters. The van der Waals surface area contributed by atoms with Crippen LogP contribution < -0.4 is 5.32 Å². The molecule has 166 valence electrons. The lowest BCUT2D eigenvalue weighted by Crippen LogP contribution is -2.45. The summed E-state index contributed by atoms with van der Waals surface area (Å²) in [4.78, 5) is 29.9. The number of urea groups is 1. The fourth-order valence-electron chi connectivity index (χ4n) is 3.65. The second-order valence-corrected chi connectivity index (χ2v) is 8.58. The number of rotatable bonds is 8. The molecule has 2 aromatic carbocycles. The lowest BCUT2D eigenvalue weighted by Gasteiger charge is -2.28. The van der Waals surface area contributed by atoms with Crippen LogP contribution in [0.25, 0.3) is 0 Å². The summed E-state index contributed by atoms with van der Waals surface area (Å²) in [5.41, 5.74) is 2.71. The predicted octanol–water partition coefficient (Wildman–Crippen LogP) is 4.90. The van der Waals surface area contributed by atoms with E-state index in [0.29, 0.717) is 23.8 Å². The van der Waals surface area contributed by atoms with Crippen molar-refractivity contribution < 1.29 is 9.59 Å². The van der Waals surface area contributed by atoms with Crippen molar-refractivity contribution in [3.8, 4) is 0 Å². The van der Waals surface area contributed by atoms with Gasteiger partial charge in [0.15, 0.2) is 0 Å². The van der Waals surface area contributed by atoms with Gasteiger partial charge in [0.25, 0.3) is 0 Å². The number of nitrogens with zero attached hydrogens (tertiary/aromatic N) is 3. The molecule has 3 amide bonds. The molecule has 1 heterocycles. The number of hydrogen-bond acceptors (Lipinski definition) is 2. The van der Waals surface area contributed by atoms with Crippen molar-refractivity contribution in [2.75, 3.05) is 11.9 Å². The van der Waals surface area contributed by atoms with Crippen molar-refractivity contribution in [1.29, 1.82) is 0 Å². The first-order valence-electron chi connectivity index (χ1n) is 10.7. The second kappa shape index (κ2) is 9.92. The Morgan fingerprint density at radius 1 is 1.03 bits per heavy atom. The zero-order valence-corrected chi connectivity index (χ0v) is 18.8. The van der Waals surface area contributed by atoms with Crippen LogP contribution in [0.15, 0.2) is 72.9 Å². The zero-order chi connectivity index (χ0) is 22.5. The Kier molecular flexibility index (Phi) is 6.81. The molecule has 0 bridgehead atoms. The Labute approximate surface area is 193 Å². The molecule has 6 nitrogen and oxygen atoms in total. The monoisotopic (exact) mass is 450 g/mol. The van der Waals surface area contributed by atoms with Crippen LogP contribution in [-0.2, 0) is 24.9 Å². The number of aromatic nitrogens is 1. The van der Waals surface area contributed by atoms with Gasteiger partial charge >= 0.3 is 6.03 Å². The van der Waals surface area contributed by atoms with Crippen LogP contribution in [0, 0.1) is 0 Å². The minimum Gasteiger partial charge on any atom is -0.353 e. The topological polar surface area (TPSA) is 57.6 Å². The number of amides is 3. The van der Waals surface area contributed by atoms with E-state index in [1.807, 2.05) is 65.2 Å². The van der Waals surface area contributed by atoms with Gasteiger partial charge in [-0.3, -0.25) is 4.79 Å². The van der Waals surface area contributed by atoms with Crippen molar-refractivity contribution in [3.63, 3.8) is 0 Å². The van der Waals surface area contributed by atoms with Crippen LogP contribution in [0.5, 0.6) is 0 Å². The van der Waals surface area contributed by atoms with Crippen LogP contribution >= 0.6 is 11.6 Å². The number of halogens is 1. The van der Waals surface area contributed by atoms with Gasteiger partial charge in [0.2, 0.25) is 5.91 Å². The molecule has 7 heteroatoms. The van der Waals surface area contributed by atoms with Gasteiger partial charge in [-0.15, -0.1) is 0 Å². The summed E-state index contributed by atoms with van der Waals surface area (Å²) in [6, 6.07) is 20.7. The molecular formula is C25H27ClN4O2. The molecule has 0 saturated heterocycles. The minimum atomic E-state index is -0.276. The van der Waals surface area contributed by atoms with E-state index >= 15 is 0 Å². The summed E-state index contributed by atoms with van der Waals surface area (Å²) in [6.45, 7) is 0.999. The number of anilines is 1. The number of aryl methyl sites for hydroxylation is 1.